The number of rotatable bonds is 5. The van der Waals surface area contributed by atoms with Crippen LogP contribution < -0.4 is 5.32 Å². The van der Waals surface area contributed by atoms with E-state index < -0.39 is 0 Å². The molecule has 0 saturated carbocycles. The van der Waals surface area contributed by atoms with Gasteiger partial charge in [-0.1, -0.05) is 48.9 Å². The number of aryl methyl sites for hydroxylation is 2. The van der Waals surface area contributed by atoms with Crippen LogP contribution in [0, 0.1) is 13.8 Å². The molecule has 0 amide bonds. The molecule has 2 aromatic carbocycles. The summed E-state index contributed by atoms with van der Waals surface area (Å²) in [5, 5.41) is 4.41. The minimum atomic E-state index is 0.369. The third-order valence-electron chi connectivity index (χ3n) is 3.80. The van der Waals surface area contributed by atoms with Gasteiger partial charge in [0, 0.05) is 17.6 Å². The van der Waals surface area contributed by atoms with Crippen LogP contribution in [0.1, 0.15) is 41.6 Å². The molecule has 0 spiro atoms. The van der Waals surface area contributed by atoms with Gasteiger partial charge in [-0.25, -0.2) is 0 Å². The molecule has 106 valence electrons. The van der Waals surface area contributed by atoms with Crippen molar-refractivity contribution in [3.05, 3.63) is 69.7 Å². The highest BCUT2D eigenvalue weighted by atomic mass is 35.5. The first-order valence-corrected chi connectivity index (χ1v) is 7.53. The van der Waals surface area contributed by atoms with Crippen LogP contribution in [0.2, 0.25) is 5.02 Å². The molecule has 1 nitrogen and oxygen atoms in total. The van der Waals surface area contributed by atoms with Gasteiger partial charge in [-0.3, -0.25) is 0 Å². The lowest BCUT2D eigenvalue weighted by Crippen LogP contribution is -2.20. The van der Waals surface area contributed by atoms with Crippen molar-refractivity contribution in [3.63, 3.8) is 0 Å². The zero-order chi connectivity index (χ0) is 14.5. The molecule has 0 aliphatic heterocycles. The molecule has 0 saturated heterocycles. The van der Waals surface area contributed by atoms with E-state index in [0.717, 1.165) is 18.0 Å². The van der Waals surface area contributed by atoms with E-state index in [1.165, 1.54) is 22.3 Å². The molecule has 0 bridgehead atoms. The summed E-state index contributed by atoms with van der Waals surface area (Å²) in [5.74, 6) is 0. The molecule has 1 N–H and O–H groups in total. The third-order valence-corrected chi connectivity index (χ3v) is 4.06. The summed E-state index contributed by atoms with van der Waals surface area (Å²) in [5.41, 5.74) is 5.32. The van der Waals surface area contributed by atoms with Gasteiger partial charge in [0.05, 0.1) is 0 Å². The first-order valence-electron chi connectivity index (χ1n) is 7.15. The Bertz CT molecular complexity index is 560. The van der Waals surface area contributed by atoms with Crippen molar-refractivity contribution in [2.75, 3.05) is 0 Å². The topological polar surface area (TPSA) is 12.0 Å². The number of nitrogens with one attached hydrogen (secondary N) is 1. The SMILES string of the molecule is CCC(NCc1ccc(C)c(C)c1)c1ccc(Cl)cc1. The second kappa shape index (κ2) is 6.92. The fourth-order valence-electron chi connectivity index (χ4n) is 2.35. The summed E-state index contributed by atoms with van der Waals surface area (Å²) in [6.07, 6.45) is 1.06. The lowest BCUT2D eigenvalue weighted by Gasteiger charge is -2.18. The van der Waals surface area contributed by atoms with E-state index >= 15 is 0 Å². The third kappa shape index (κ3) is 3.84. The van der Waals surface area contributed by atoms with E-state index in [-0.39, 0.29) is 0 Å². The molecule has 2 aromatic rings. The number of hydrogen-bond acceptors (Lipinski definition) is 1. The van der Waals surface area contributed by atoms with Crippen LogP contribution in [0.15, 0.2) is 42.5 Å². The summed E-state index contributed by atoms with van der Waals surface area (Å²) >= 11 is 5.94. The van der Waals surface area contributed by atoms with E-state index in [1.54, 1.807) is 0 Å². The van der Waals surface area contributed by atoms with Gasteiger partial charge in [-0.05, 0) is 54.7 Å². The number of hydrogen-bond donors (Lipinski definition) is 1. The second-order valence-corrected chi connectivity index (χ2v) is 5.75. The Labute approximate surface area is 127 Å². The molecule has 2 heteroatoms. The molecule has 0 heterocycles. The molecule has 0 aromatic heterocycles. The van der Waals surface area contributed by atoms with Crippen molar-refractivity contribution in [1.82, 2.24) is 5.32 Å². The van der Waals surface area contributed by atoms with Gasteiger partial charge in [-0.15, -0.1) is 0 Å². The maximum absolute atomic E-state index is 5.94. The first kappa shape index (κ1) is 15.1. The molecular formula is C18H22ClN. The van der Waals surface area contributed by atoms with Crippen molar-refractivity contribution < 1.29 is 0 Å². The van der Waals surface area contributed by atoms with Gasteiger partial charge in [0.15, 0.2) is 0 Å². The number of benzene rings is 2. The molecule has 1 unspecified atom stereocenters. The van der Waals surface area contributed by atoms with Crippen LogP contribution in [-0.4, -0.2) is 0 Å². The normalized spacial score (nSPS) is 12.4. The monoisotopic (exact) mass is 287 g/mol. The predicted octanol–water partition coefficient (Wildman–Crippen LogP) is 5.20. The molecule has 1 atom stereocenters. The van der Waals surface area contributed by atoms with Gasteiger partial charge in [-0.2, -0.15) is 0 Å². The fraction of sp³-hybridized carbons (Fsp3) is 0.333. The highest BCUT2D eigenvalue weighted by Crippen LogP contribution is 2.20. The maximum atomic E-state index is 5.94. The Morgan fingerprint density at radius 1 is 1.00 bits per heavy atom. The Morgan fingerprint density at radius 3 is 2.30 bits per heavy atom. The minimum Gasteiger partial charge on any atom is -0.306 e. The summed E-state index contributed by atoms with van der Waals surface area (Å²) in [4.78, 5) is 0. The lowest BCUT2D eigenvalue weighted by molar-refractivity contribution is 0.519. The van der Waals surface area contributed by atoms with E-state index in [0.29, 0.717) is 6.04 Å². The molecule has 0 aliphatic carbocycles. The van der Waals surface area contributed by atoms with Gasteiger partial charge in [0.2, 0.25) is 0 Å². The quantitative estimate of drug-likeness (QED) is 0.797. The largest absolute Gasteiger partial charge is 0.306 e. The van der Waals surface area contributed by atoms with E-state index in [4.69, 9.17) is 11.6 Å². The summed E-state index contributed by atoms with van der Waals surface area (Å²) in [6.45, 7) is 7.40. The highest BCUT2D eigenvalue weighted by Gasteiger charge is 2.08. The molecule has 0 fully saturated rings. The minimum absolute atomic E-state index is 0.369. The molecular weight excluding hydrogens is 266 g/mol. The van der Waals surface area contributed by atoms with Gasteiger partial charge >= 0.3 is 0 Å². The smallest absolute Gasteiger partial charge is 0.0406 e. The Kier molecular flexibility index (Phi) is 5.22. The van der Waals surface area contributed by atoms with Crippen LogP contribution >= 0.6 is 11.6 Å². The Hall–Kier alpha value is -1.31. The van der Waals surface area contributed by atoms with Crippen molar-refractivity contribution in [2.24, 2.45) is 0 Å². The van der Waals surface area contributed by atoms with E-state index in [9.17, 15) is 0 Å². The standard InChI is InChI=1S/C18H22ClN/c1-4-18(16-7-9-17(19)10-8-16)20-12-15-6-5-13(2)14(3)11-15/h5-11,18,20H,4,12H2,1-3H3. The van der Waals surface area contributed by atoms with Crippen LogP contribution in [0.5, 0.6) is 0 Å². The predicted molar refractivity (Wildman–Crippen MR) is 87.2 cm³/mol. The second-order valence-electron chi connectivity index (χ2n) is 5.31. The number of halogens is 1. The molecule has 20 heavy (non-hydrogen) atoms. The van der Waals surface area contributed by atoms with Crippen LogP contribution in [0.3, 0.4) is 0 Å². The molecule has 2 rings (SSSR count). The van der Waals surface area contributed by atoms with Crippen molar-refractivity contribution in [2.45, 2.75) is 39.8 Å². The Balaban J connectivity index is 2.03. The zero-order valence-electron chi connectivity index (χ0n) is 12.4. The van der Waals surface area contributed by atoms with E-state index in [1.807, 2.05) is 12.1 Å². The molecule has 0 radical (unpaired) electrons. The van der Waals surface area contributed by atoms with Gasteiger partial charge in [0.1, 0.15) is 0 Å². The van der Waals surface area contributed by atoms with Gasteiger partial charge < -0.3 is 5.32 Å². The van der Waals surface area contributed by atoms with Crippen molar-refractivity contribution in [1.29, 1.82) is 0 Å². The highest BCUT2D eigenvalue weighted by molar-refractivity contribution is 6.30. The van der Waals surface area contributed by atoms with Gasteiger partial charge in [0.25, 0.3) is 0 Å². The first-order chi connectivity index (χ1) is 9.60. The fourth-order valence-corrected chi connectivity index (χ4v) is 2.47. The van der Waals surface area contributed by atoms with Crippen LogP contribution in [-0.2, 0) is 6.54 Å². The van der Waals surface area contributed by atoms with Crippen molar-refractivity contribution in [3.8, 4) is 0 Å². The average molecular weight is 288 g/mol. The summed E-state index contributed by atoms with van der Waals surface area (Å²) in [6, 6.07) is 15.1. The summed E-state index contributed by atoms with van der Waals surface area (Å²) in [7, 11) is 0. The zero-order valence-corrected chi connectivity index (χ0v) is 13.2. The Morgan fingerprint density at radius 2 is 1.70 bits per heavy atom. The van der Waals surface area contributed by atoms with Crippen molar-refractivity contribution >= 4 is 11.6 Å². The van der Waals surface area contributed by atoms with E-state index in [2.05, 4.69) is 56.4 Å². The molecule has 0 aliphatic rings. The summed E-state index contributed by atoms with van der Waals surface area (Å²) < 4.78 is 0. The average Bonchev–Trinajstić information content (AvgIpc) is 2.45. The van der Waals surface area contributed by atoms with Crippen LogP contribution in [0.4, 0.5) is 0 Å². The lowest BCUT2D eigenvalue weighted by atomic mass is 10.0. The van der Waals surface area contributed by atoms with Crippen LogP contribution in [0.25, 0.3) is 0 Å². The maximum Gasteiger partial charge on any atom is 0.0406 e.